The molecule has 0 atom stereocenters. The molecule has 0 spiro atoms. The Morgan fingerprint density at radius 3 is 2.33 bits per heavy atom. The summed E-state index contributed by atoms with van der Waals surface area (Å²) in [4.78, 5) is 26.3. The number of hydrogen-bond acceptors (Lipinski definition) is 2. The van der Waals surface area contributed by atoms with E-state index in [9.17, 15) is 14.0 Å². The molecule has 1 aliphatic heterocycles. The van der Waals surface area contributed by atoms with Crippen LogP contribution in [0.15, 0.2) is 30.3 Å². The smallest absolute Gasteiger partial charge is 0.317 e. The van der Waals surface area contributed by atoms with Gasteiger partial charge in [-0.05, 0) is 37.8 Å². The van der Waals surface area contributed by atoms with Crippen molar-refractivity contribution in [2.45, 2.75) is 57.0 Å². The van der Waals surface area contributed by atoms with Crippen LogP contribution < -0.4 is 10.6 Å². The molecule has 0 bridgehead atoms. The van der Waals surface area contributed by atoms with Crippen molar-refractivity contribution in [1.29, 1.82) is 0 Å². The Bertz CT molecular complexity index is 678. The predicted octanol–water partition coefficient (Wildman–Crippen LogP) is 3.46. The summed E-state index contributed by atoms with van der Waals surface area (Å²) < 4.78 is 13.6. The Kier molecular flexibility index (Phi) is 6.85. The van der Waals surface area contributed by atoms with Gasteiger partial charge < -0.3 is 15.5 Å². The van der Waals surface area contributed by atoms with Gasteiger partial charge in [-0.15, -0.1) is 0 Å². The minimum absolute atomic E-state index is 0.0196. The van der Waals surface area contributed by atoms with Crippen molar-refractivity contribution < 1.29 is 14.0 Å². The highest BCUT2D eigenvalue weighted by molar-refractivity contribution is 5.92. The maximum absolute atomic E-state index is 13.6. The third kappa shape index (κ3) is 5.81. The van der Waals surface area contributed by atoms with E-state index in [1.807, 2.05) is 4.90 Å². The Labute approximate surface area is 160 Å². The number of urea groups is 1. The molecule has 146 valence electrons. The zero-order chi connectivity index (χ0) is 19.1. The van der Waals surface area contributed by atoms with Crippen molar-refractivity contribution in [2.75, 3.05) is 13.1 Å². The minimum atomic E-state index is -0.348. The molecule has 1 aromatic rings. The molecule has 2 N–H and O–H groups in total. The number of rotatable bonds is 4. The molecule has 1 aromatic carbocycles. The van der Waals surface area contributed by atoms with Crippen molar-refractivity contribution >= 4 is 18.0 Å². The fourth-order valence-corrected chi connectivity index (χ4v) is 3.76. The standard InChI is InChI=1S/C21H28FN3O2/c22-19-9-5-4-6-16(19)10-11-20(26)23-18-12-14-25(15-13-18)21(27)24-17-7-2-1-3-8-17/h4-6,9-11,17-18H,1-3,7-8,12-15H2,(H,23,26)(H,24,27)/b11-10+. The normalized spacial score (nSPS) is 19.2. The van der Waals surface area contributed by atoms with Crippen LogP contribution in [-0.2, 0) is 4.79 Å². The highest BCUT2D eigenvalue weighted by Crippen LogP contribution is 2.18. The van der Waals surface area contributed by atoms with E-state index in [0.717, 1.165) is 25.7 Å². The lowest BCUT2D eigenvalue weighted by Crippen LogP contribution is -2.51. The molecular weight excluding hydrogens is 345 g/mol. The first kappa shape index (κ1) is 19.4. The maximum Gasteiger partial charge on any atom is 0.317 e. The average Bonchev–Trinajstić information content (AvgIpc) is 2.69. The van der Waals surface area contributed by atoms with Crippen LogP contribution in [0.1, 0.15) is 50.5 Å². The Hall–Kier alpha value is -2.37. The van der Waals surface area contributed by atoms with E-state index in [4.69, 9.17) is 0 Å². The summed E-state index contributed by atoms with van der Waals surface area (Å²) in [7, 11) is 0. The number of hydrogen-bond donors (Lipinski definition) is 2. The van der Waals surface area contributed by atoms with Crippen LogP contribution >= 0.6 is 0 Å². The van der Waals surface area contributed by atoms with E-state index >= 15 is 0 Å². The SMILES string of the molecule is O=C(/C=C/c1ccccc1F)NC1CCN(C(=O)NC2CCCCC2)CC1. The molecule has 2 aliphatic rings. The fourth-order valence-electron chi connectivity index (χ4n) is 3.76. The Balaban J connectivity index is 1.40. The van der Waals surface area contributed by atoms with Gasteiger partial charge in [-0.25, -0.2) is 9.18 Å². The number of nitrogens with one attached hydrogen (secondary N) is 2. The van der Waals surface area contributed by atoms with E-state index in [1.165, 1.54) is 37.5 Å². The summed E-state index contributed by atoms with van der Waals surface area (Å²) >= 11 is 0. The van der Waals surface area contributed by atoms with E-state index in [0.29, 0.717) is 24.7 Å². The monoisotopic (exact) mass is 373 g/mol. The third-order valence-electron chi connectivity index (χ3n) is 5.38. The topological polar surface area (TPSA) is 61.4 Å². The van der Waals surface area contributed by atoms with Crippen molar-refractivity contribution in [3.8, 4) is 0 Å². The number of carbonyl (C=O) groups is 2. The highest BCUT2D eigenvalue weighted by atomic mass is 19.1. The largest absolute Gasteiger partial charge is 0.350 e. The lowest BCUT2D eigenvalue weighted by Gasteiger charge is -2.34. The van der Waals surface area contributed by atoms with Crippen LogP contribution in [0.2, 0.25) is 0 Å². The van der Waals surface area contributed by atoms with E-state index in [1.54, 1.807) is 18.2 Å². The van der Waals surface area contributed by atoms with Crippen LogP contribution in [0.4, 0.5) is 9.18 Å². The Morgan fingerprint density at radius 1 is 0.963 bits per heavy atom. The summed E-state index contributed by atoms with van der Waals surface area (Å²) in [5.74, 6) is -0.581. The molecule has 3 rings (SSSR count). The summed E-state index contributed by atoms with van der Waals surface area (Å²) in [5, 5.41) is 6.08. The van der Waals surface area contributed by atoms with Gasteiger partial charge >= 0.3 is 6.03 Å². The number of amides is 3. The molecule has 2 fully saturated rings. The van der Waals surface area contributed by atoms with Gasteiger partial charge in [0, 0.05) is 36.8 Å². The van der Waals surface area contributed by atoms with Gasteiger partial charge in [0.1, 0.15) is 5.82 Å². The van der Waals surface area contributed by atoms with Crippen LogP contribution in [0, 0.1) is 5.82 Å². The molecule has 6 heteroatoms. The molecule has 1 aliphatic carbocycles. The molecule has 0 radical (unpaired) electrons. The van der Waals surface area contributed by atoms with Gasteiger partial charge in [-0.2, -0.15) is 0 Å². The molecule has 1 saturated carbocycles. The summed E-state index contributed by atoms with van der Waals surface area (Å²) in [6.45, 7) is 1.28. The fraction of sp³-hybridized carbons (Fsp3) is 0.524. The van der Waals surface area contributed by atoms with Crippen molar-refractivity contribution in [1.82, 2.24) is 15.5 Å². The highest BCUT2D eigenvalue weighted by Gasteiger charge is 2.25. The summed E-state index contributed by atoms with van der Waals surface area (Å²) in [6, 6.07) is 6.72. The van der Waals surface area contributed by atoms with Gasteiger partial charge in [-0.1, -0.05) is 37.5 Å². The van der Waals surface area contributed by atoms with E-state index in [2.05, 4.69) is 10.6 Å². The molecule has 3 amide bonds. The first-order valence-corrected chi connectivity index (χ1v) is 9.90. The lowest BCUT2D eigenvalue weighted by atomic mass is 9.95. The van der Waals surface area contributed by atoms with Crippen molar-refractivity contribution in [3.05, 3.63) is 41.7 Å². The van der Waals surface area contributed by atoms with Gasteiger partial charge in [0.25, 0.3) is 0 Å². The van der Waals surface area contributed by atoms with E-state index < -0.39 is 0 Å². The van der Waals surface area contributed by atoms with Gasteiger partial charge in [-0.3, -0.25) is 4.79 Å². The van der Waals surface area contributed by atoms with Gasteiger partial charge in [0.15, 0.2) is 0 Å². The maximum atomic E-state index is 13.6. The second-order valence-electron chi connectivity index (χ2n) is 7.41. The quantitative estimate of drug-likeness (QED) is 0.794. The summed E-state index contributed by atoms with van der Waals surface area (Å²) in [5.41, 5.74) is 0.391. The molecule has 5 nitrogen and oxygen atoms in total. The van der Waals surface area contributed by atoms with Crippen LogP contribution in [0.25, 0.3) is 6.08 Å². The van der Waals surface area contributed by atoms with E-state index in [-0.39, 0.29) is 23.8 Å². The number of nitrogens with zero attached hydrogens (tertiary/aromatic N) is 1. The number of benzene rings is 1. The zero-order valence-electron chi connectivity index (χ0n) is 15.6. The molecular formula is C21H28FN3O2. The zero-order valence-corrected chi connectivity index (χ0v) is 15.6. The van der Waals surface area contributed by atoms with Gasteiger partial charge in [0.05, 0.1) is 0 Å². The predicted molar refractivity (Wildman–Crippen MR) is 104 cm³/mol. The lowest BCUT2D eigenvalue weighted by molar-refractivity contribution is -0.117. The molecule has 27 heavy (non-hydrogen) atoms. The first-order chi connectivity index (χ1) is 13.1. The number of piperidine rings is 1. The van der Waals surface area contributed by atoms with Crippen molar-refractivity contribution in [3.63, 3.8) is 0 Å². The third-order valence-corrected chi connectivity index (χ3v) is 5.38. The van der Waals surface area contributed by atoms with Crippen LogP contribution in [-0.4, -0.2) is 42.0 Å². The van der Waals surface area contributed by atoms with Crippen molar-refractivity contribution in [2.24, 2.45) is 0 Å². The number of halogens is 1. The number of carbonyl (C=O) groups excluding carboxylic acids is 2. The second-order valence-corrected chi connectivity index (χ2v) is 7.41. The molecule has 1 saturated heterocycles. The van der Waals surface area contributed by atoms with Crippen LogP contribution in [0.5, 0.6) is 0 Å². The molecule has 0 aromatic heterocycles. The Morgan fingerprint density at radius 2 is 1.63 bits per heavy atom. The van der Waals surface area contributed by atoms with Crippen LogP contribution in [0.3, 0.4) is 0 Å². The molecule has 0 unspecified atom stereocenters. The minimum Gasteiger partial charge on any atom is -0.350 e. The average molecular weight is 373 g/mol. The molecule has 1 heterocycles. The first-order valence-electron chi connectivity index (χ1n) is 9.90. The second kappa shape index (κ2) is 9.53. The summed E-state index contributed by atoms with van der Waals surface area (Å²) in [6.07, 6.45) is 10.1. The number of likely N-dealkylation sites (tertiary alicyclic amines) is 1. The van der Waals surface area contributed by atoms with Gasteiger partial charge in [0.2, 0.25) is 5.91 Å².